The third kappa shape index (κ3) is 3.69. The minimum absolute atomic E-state index is 0.0760. The van der Waals surface area contributed by atoms with Gasteiger partial charge in [0, 0.05) is 31.5 Å². The predicted octanol–water partition coefficient (Wildman–Crippen LogP) is 1.75. The fourth-order valence-electron chi connectivity index (χ4n) is 5.37. The van der Waals surface area contributed by atoms with Crippen LogP contribution in [0.1, 0.15) is 45.4 Å². The van der Waals surface area contributed by atoms with Gasteiger partial charge in [0.15, 0.2) is 0 Å². The van der Waals surface area contributed by atoms with Crippen LogP contribution in [0.2, 0.25) is 0 Å². The molecule has 162 valence electrons. The summed E-state index contributed by atoms with van der Waals surface area (Å²) in [6.45, 7) is 7.11. The molecule has 5 atom stereocenters. The largest absolute Gasteiger partial charge is 0.481 e. The molecule has 3 aliphatic heterocycles. The second kappa shape index (κ2) is 9.08. The number of amides is 2. The Morgan fingerprint density at radius 3 is 2.76 bits per heavy atom. The fourth-order valence-corrected chi connectivity index (χ4v) is 7.57. The highest BCUT2D eigenvalue weighted by Crippen LogP contribution is 2.66. The molecular weight excluding hydrogens is 392 g/mol. The number of carbonyl (C=O) groups excluding carboxylic acids is 2. The van der Waals surface area contributed by atoms with Crippen molar-refractivity contribution in [3.05, 3.63) is 12.7 Å². The summed E-state index contributed by atoms with van der Waals surface area (Å²) in [6.07, 6.45) is 6.44. The lowest BCUT2D eigenvalue weighted by atomic mass is 9.71. The molecule has 3 fully saturated rings. The van der Waals surface area contributed by atoms with E-state index in [4.69, 9.17) is 0 Å². The molecule has 2 N–H and O–H groups in total. The van der Waals surface area contributed by atoms with Gasteiger partial charge in [-0.15, -0.1) is 18.3 Å². The van der Waals surface area contributed by atoms with E-state index in [0.717, 1.165) is 25.7 Å². The van der Waals surface area contributed by atoms with Crippen molar-refractivity contribution in [2.45, 2.75) is 61.5 Å². The number of likely N-dealkylation sites (tertiary alicyclic amines) is 1. The highest BCUT2D eigenvalue weighted by molar-refractivity contribution is 8.02. The molecule has 3 heterocycles. The number of rotatable bonds is 11. The van der Waals surface area contributed by atoms with Crippen LogP contribution in [0.3, 0.4) is 0 Å². The maximum atomic E-state index is 13.7. The second-order valence-corrected chi connectivity index (χ2v) is 9.88. The molecule has 0 aromatic heterocycles. The molecule has 29 heavy (non-hydrogen) atoms. The van der Waals surface area contributed by atoms with Gasteiger partial charge in [0.2, 0.25) is 11.8 Å². The molecule has 1 spiro atoms. The summed E-state index contributed by atoms with van der Waals surface area (Å²) in [5.41, 5.74) is 0. The van der Waals surface area contributed by atoms with E-state index in [-0.39, 0.29) is 30.2 Å². The first-order valence-corrected chi connectivity index (χ1v) is 11.5. The Bertz CT molecular complexity index is 671. The van der Waals surface area contributed by atoms with E-state index in [0.29, 0.717) is 25.9 Å². The SMILES string of the molecule is C=CCN(CCCCC)C(=O)C1N(CCCO)C(=O)[C@@H]2[C@H](C(=O)O)[C@@H]3CCC12S3. The Labute approximate surface area is 176 Å². The molecule has 0 radical (unpaired) electrons. The summed E-state index contributed by atoms with van der Waals surface area (Å²) >= 11 is 1.55. The predicted molar refractivity (Wildman–Crippen MR) is 111 cm³/mol. The molecule has 3 saturated heterocycles. The zero-order valence-electron chi connectivity index (χ0n) is 17.1. The Kier molecular flexibility index (Phi) is 6.94. The lowest BCUT2D eigenvalue weighted by molar-refractivity contribution is -0.148. The molecule has 0 aromatic carbocycles. The van der Waals surface area contributed by atoms with Crippen molar-refractivity contribution in [1.82, 2.24) is 9.80 Å². The van der Waals surface area contributed by atoms with E-state index < -0.39 is 28.6 Å². The number of nitrogens with zero attached hydrogens (tertiary/aromatic N) is 2. The van der Waals surface area contributed by atoms with Crippen LogP contribution < -0.4 is 0 Å². The number of carboxylic acid groups (broad SMARTS) is 1. The normalized spacial score (nSPS) is 32.5. The van der Waals surface area contributed by atoms with Gasteiger partial charge in [-0.2, -0.15) is 0 Å². The standard InChI is InChI=1S/C21H32N2O5S/c1-3-5-6-11-22(10-4-2)19(26)17-21-9-8-14(29-21)15(20(27)28)16(21)18(25)23(17)12-7-13-24/h4,14-17,24H,2-3,5-13H2,1H3,(H,27,28)/t14-,15+,16-,17?,21?/m0/s1. The van der Waals surface area contributed by atoms with Crippen LogP contribution in [0.4, 0.5) is 0 Å². The number of carboxylic acids is 1. The summed E-state index contributed by atoms with van der Waals surface area (Å²) in [4.78, 5) is 42.3. The highest BCUT2D eigenvalue weighted by atomic mass is 32.2. The van der Waals surface area contributed by atoms with Gasteiger partial charge in [0.25, 0.3) is 0 Å². The summed E-state index contributed by atoms with van der Waals surface area (Å²) < 4.78 is -0.665. The third-order valence-corrected chi connectivity index (χ3v) is 8.52. The number of aliphatic carboxylic acids is 1. The van der Waals surface area contributed by atoms with Crippen LogP contribution in [0.5, 0.6) is 0 Å². The first-order valence-electron chi connectivity index (χ1n) is 10.6. The summed E-state index contributed by atoms with van der Waals surface area (Å²) in [5.74, 6) is -2.66. The van der Waals surface area contributed by atoms with Crippen LogP contribution in [0, 0.1) is 11.8 Å². The van der Waals surface area contributed by atoms with Gasteiger partial charge in [0.1, 0.15) is 6.04 Å². The van der Waals surface area contributed by atoms with Crippen LogP contribution >= 0.6 is 11.8 Å². The Balaban J connectivity index is 1.94. The topological polar surface area (TPSA) is 98.2 Å². The lowest BCUT2D eigenvalue weighted by Gasteiger charge is -2.37. The molecule has 3 aliphatic rings. The maximum absolute atomic E-state index is 13.7. The van der Waals surface area contributed by atoms with Gasteiger partial charge in [-0.1, -0.05) is 25.8 Å². The Hall–Kier alpha value is -1.54. The number of unbranched alkanes of at least 4 members (excludes halogenated alkanes) is 2. The minimum atomic E-state index is -0.941. The molecule has 2 bridgehead atoms. The number of aliphatic hydroxyl groups excluding tert-OH is 1. The first-order chi connectivity index (χ1) is 13.9. The first kappa shape index (κ1) is 22.2. The third-order valence-electron chi connectivity index (χ3n) is 6.57. The Morgan fingerprint density at radius 1 is 1.38 bits per heavy atom. The van der Waals surface area contributed by atoms with Crippen molar-refractivity contribution in [3.63, 3.8) is 0 Å². The summed E-state index contributed by atoms with van der Waals surface area (Å²) in [7, 11) is 0. The van der Waals surface area contributed by atoms with E-state index in [9.17, 15) is 24.6 Å². The maximum Gasteiger partial charge on any atom is 0.308 e. The van der Waals surface area contributed by atoms with E-state index in [1.807, 2.05) is 0 Å². The molecule has 3 rings (SSSR count). The van der Waals surface area contributed by atoms with Crippen molar-refractivity contribution in [3.8, 4) is 0 Å². The van der Waals surface area contributed by atoms with Crippen molar-refractivity contribution < 1.29 is 24.6 Å². The van der Waals surface area contributed by atoms with E-state index >= 15 is 0 Å². The van der Waals surface area contributed by atoms with Crippen LogP contribution in [0.25, 0.3) is 0 Å². The number of carbonyl (C=O) groups is 3. The molecule has 0 saturated carbocycles. The van der Waals surface area contributed by atoms with Gasteiger partial charge in [0.05, 0.1) is 16.6 Å². The van der Waals surface area contributed by atoms with E-state index in [1.165, 1.54) is 0 Å². The second-order valence-electron chi connectivity index (χ2n) is 8.28. The Morgan fingerprint density at radius 2 is 2.14 bits per heavy atom. The summed E-state index contributed by atoms with van der Waals surface area (Å²) in [5, 5.41) is 19.0. The number of thioether (sulfide) groups is 1. The zero-order valence-corrected chi connectivity index (χ0v) is 17.9. The molecule has 2 unspecified atom stereocenters. The van der Waals surface area contributed by atoms with Crippen molar-refractivity contribution in [1.29, 1.82) is 0 Å². The molecule has 0 aliphatic carbocycles. The van der Waals surface area contributed by atoms with Crippen molar-refractivity contribution >= 4 is 29.5 Å². The highest BCUT2D eigenvalue weighted by Gasteiger charge is 2.73. The molecule has 8 heteroatoms. The van der Waals surface area contributed by atoms with Gasteiger partial charge in [-0.05, 0) is 25.7 Å². The van der Waals surface area contributed by atoms with Crippen LogP contribution in [0.15, 0.2) is 12.7 Å². The van der Waals surface area contributed by atoms with Crippen molar-refractivity contribution in [2.75, 3.05) is 26.2 Å². The summed E-state index contributed by atoms with van der Waals surface area (Å²) in [6, 6.07) is -0.660. The minimum Gasteiger partial charge on any atom is -0.481 e. The smallest absolute Gasteiger partial charge is 0.308 e. The van der Waals surface area contributed by atoms with Crippen molar-refractivity contribution in [2.24, 2.45) is 11.8 Å². The monoisotopic (exact) mass is 424 g/mol. The van der Waals surface area contributed by atoms with E-state index in [1.54, 1.807) is 27.6 Å². The fraction of sp³-hybridized carbons (Fsp3) is 0.762. The zero-order chi connectivity index (χ0) is 21.2. The molecular formula is C21H32N2O5S. The van der Waals surface area contributed by atoms with Crippen LogP contribution in [-0.4, -0.2) is 80.1 Å². The number of aliphatic hydroxyl groups is 1. The van der Waals surface area contributed by atoms with Gasteiger partial charge in [-0.3, -0.25) is 14.4 Å². The van der Waals surface area contributed by atoms with Crippen LogP contribution in [-0.2, 0) is 14.4 Å². The number of fused-ring (bicyclic) bond motifs is 1. The number of hydrogen-bond acceptors (Lipinski definition) is 5. The van der Waals surface area contributed by atoms with Gasteiger partial charge < -0.3 is 20.0 Å². The van der Waals surface area contributed by atoms with E-state index in [2.05, 4.69) is 13.5 Å². The molecule has 7 nitrogen and oxygen atoms in total. The number of hydrogen-bond donors (Lipinski definition) is 2. The quantitative estimate of drug-likeness (QED) is 0.387. The van der Waals surface area contributed by atoms with Gasteiger partial charge in [-0.25, -0.2) is 0 Å². The average molecular weight is 425 g/mol. The average Bonchev–Trinajstić information content (AvgIpc) is 3.33. The van der Waals surface area contributed by atoms with Gasteiger partial charge >= 0.3 is 5.97 Å². The molecule has 2 amide bonds. The lowest BCUT2D eigenvalue weighted by Crippen LogP contribution is -2.55. The molecule has 0 aromatic rings.